The summed E-state index contributed by atoms with van der Waals surface area (Å²) in [5, 5.41) is -0.250. The van der Waals surface area contributed by atoms with Gasteiger partial charge in [-0.05, 0) is 98.2 Å². The highest BCUT2D eigenvalue weighted by Crippen LogP contribution is 2.45. The van der Waals surface area contributed by atoms with Crippen LogP contribution in [0.2, 0.25) is 5.02 Å². The van der Waals surface area contributed by atoms with Gasteiger partial charge < -0.3 is 19.1 Å². The Morgan fingerprint density at radius 1 is 1.17 bits per heavy atom. The van der Waals surface area contributed by atoms with E-state index in [1.165, 1.54) is 13.2 Å². The van der Waals surface area contributed by atoms with Crippen molar-refractivity contribution in [3.63, 3.8) is 0 Å². The van der Waals surface area contributed by atoms with E-state index in [0.717, 1.165) is 49.5 Å². The number of aldehydes is 1. The van der Waals surface area contributed by atoms with Crippen molar-refractivity contribution >= 4 is 39.6 Å². The number of halogens is 1. The third kappa shape index (κ3) is 7.43. The van der Waals surface area contributed by atoms with Gasteiger partial charge in [0, 0.05) is 44.9 Å². The molecule has 5 atom stereocenters. The number of hydrogen-bond donors (Lipinski definition) is 1. The monoisotopic (exact) mass is 673 g/mol. The number of aryl methyl sites for hydroxylation is 1. The third-order valence-corrected chi connectivity index (χ3v) is 12.0. The molecule has 0 unspecified atom stereocenters. The number of benzene rings is 1. The van der Waals surface area contributed by atoms with E-state index in [1.807, 2.05) is 31.2 Å². The summed E-state index contributed by atoms with van der Waals surface area (Å²) >= 11 is 6.32. The standard InChI is InChI=1S/C34H44ClN3O7S/c1-23-7-6-16-34(22-39,44-3)28-12-10-25(28)20-38-17-5-4-8-24-19-27(35)11-9-26(24)21-45-30-14-13-29(36-32(30)38)33(40)37-46(41,42)31(23)15-18-43-2/h6,9,11,13-14,16,19,22-23,25,28,31H,4-5,7-8,10,12,15,17-18,20-21H2,1-3H3,(H,37,40)/b16-6+/t23-,25-,28+,31+,34+/m0/s1. The molecule has 250 valence electrons. The molecular weight excluding hydrogens is 630 g/mol. The summed E-state index contributed by atoms with van der Waals surface area (Å²) in [5.74, 6) is -0.195. The van der Waals surface area contributed by atoms with Crippen molar-refractivity contribution in [1.29, 1.82) is 0 Å². The Morgan fingerprint density at radius 2 is 2.00 bits per heavy atom. The highest BCUT2D eigenvalue weighted by Gasteiger charge is 2.47. The fourth-order valence-electron chi connectivity index (χ4n) is 6.96. The number of ether oxygens (including phenoxy) is 3. The quantitative estimate of drug-likeness (QED) is 0.340. The average Bonchev–Trinajstić information content (AvgIpc) is 3.05. The number of amides is 1. The van der Waals surface area contributed by atoms with Gasteiger partial charge in [0.2, 0.25) is 10.0 Å². The van der Waals surface area contributed by atoms with Crippen LogP contribution < -0.4 is 14.4 Å². The number of fused-ring (bicyclic) bond motifs is 3. The lowest BCUT2D eigenvalue weighted by Gasteiger charge is -2.47. The number of carbonyl (C=O) groups is 2. The predicted molar refractivity (Wildman–Crippen MR) is 177 cm³/mol. The van der Waals surface area contributed by atoms with Crippen molar-refractivity contribution in [3.8, 4) is 5.75 Å². The molecule has 1 aromatic carbocycles. The summed E-state index contributed by atoms with van der Waals surface area (Å²) in [6.45, 7) is 3.49. The Kier molecular flexibility index (Phi) is 11.1. The lowest BCUT2D eigenvalue weighted by Crippen LogP contribution is -2.52. The van der Waals surface area contributed by atoms with Gasteiger partial charge in [0.05, 0.1) is 5.25 Å². The van der Waals surface area contributed by atoms with Gasteiger partial charge in [0.15, 0.2) is 17.9 Å². The maximum absolute atomic E-state index is 13.7. The molecule has 0 saturated heterocycles. The third-order valence-electron chi connectivity index (χ3n) is 9.80. The van der Waals surface area contributed by atoms with Crippen molar-refractivity contribution in [2.45, 2.75) is 69.3 Å². The number of nitrogens with one attached hydrogen (secondary N) is 1. The van der Waals surface area contributed by atoms with Gasteiger partial charge in [0.1, 0.15) is 17.9 Å². The minimum absolute atomic E-state index is 0.0209. The fourth-order valence-corrected chi connectivity index (χ4v) is 8.80. The van der Waals surface area contributed by atoms with Crippen LogP contribution in [-0.2, 0) is 37.3 Å². The van der Waals surface area contributed by atoms with E-state index in [2.05, 4.69) is 9.62 Å². The first-order valence-electron chi connectivity index (χ1n) is 16.0. The highest BCUT2D eigenvalue weighted by atomic mass is 35.5. The SMILES string of the molecule is COCC[C@@H]1[C@@H](C)C/C=C/[C@](C=O)(OC)[C@@H]2CC[C@H]2CN2CCCCc3cc(Cl)ccc3COc3ccc(nc32)C(=O)NS1(=O)=O. The van der Waals surface area contributed by atoms with E-state index in [9.17, 15) is 18.0 Å². The molecular formula is C34H44ClN3O7S. The van der Waals surface area contributed by atoms with Gasteiger partial charge in [-0.3, -0.25) is 9.59 Å². The summed E-state index contributed by atoms with van der Waals surface area (Å²) in [6.07, 6.45) is 9.34. The largest absolute Gasteiger partial charge is 0.485 e. The second-order valence-corrected chi connectivity index (χ2v) is 15.0. The first-order chi connectivity index (χ1) is 22.1. The number of allylic oxidation sites excluding steroid dienone is 1. The Labute approximate surface area is 276 Å². The summed E-state index contributed by atoms with van der Waals surface area (Å²) < 4.78 is 47.1. The molecule has 1 N–H and O–H groups in total. The number of hydrogen-bond acceptors (Lipinski definition) is 9. The minimum Gasteiger partial charge on any atom is -0.485 e. The predicted octanol–water partition coefficient (Wildman–Crippen LogP) is 5.13. The van der Waals surface area contributed by atoms with E-state index >= 15 is 0 Å². The van der Waals surface area contributed by atoms with Crippen LogP contribution in [0.4, 0.5) is 5.82 Å². The zero-order valence-corrected chi connectivity index (χ0v) is 28.3. The Hall–Kier alpha value is -2.99. The molecule has 3 heterocycles. The number of carbonyl (C=O) groups excluding carboxylic acids is 2. The smallest absolute Gasteiger partial charge is 0.283 e. The first-order valence-corrected chi connectivity index (χ1v) is 17.9. The molecule has 10 nitrogen and oxygen atoms in total. The maximum Gasteiger partial charge on any atom is 0.283 e. The summed E-state index contributed by atoms with van der Waals surface area (Å²) in [4.78, 5) is 33.1. The Bertz CT molecular complexity index is 1550. The fraction of sp³-hybridized carbons (Fsp3) is 0.559. The number of pyridine rings is 1. The molecule has 2 aliphatic heterocycles. The van der Waals surface area contributed by atoms with Crippen molar-refractivity contribution in [2.75, 3.05) is 38.8 Å². The van der Waals surface area contributed by atoms with Crippen molar-refractivity contribution in [3.05, 3.63) is 64.3 Å². The minimum atomic E-state index is -4.13. The van der Waals surface area contributed by atoms with Gasteiger partial charge in [-0.1, -0.05) is 30.7 Å². The zero-order chi connectivity index (χ0) is 32.9. The molecule has 2 bridgehead atoms. The van der Waals surface area contributed by atoms with Crippen molar-refractivity contribution in [2.24, 2.45) is 17.8 Å². The Balaban J connectivity index is 1.59. The molecule has 0 radical (unpaired) electrons. The van der Waals surface area contributed by atoms with Crippen LogP contribution in [0.15, 0.2) is 42.5 Å². The first kappa shape index (κ1) is 34.3. The van der Waals surface area contributed by atoms with Crippen molar-refractivity contribution < 1.29 is 32.2 Å². The zero-order valence-electron chi connectivity index (χ0n) is 26.7. The molecule has 12 heteroatoms. The molecule has 1 fully saturated rings. The highest BCUT2D eigenvalue weighted by molar-refractivity contribution is 7.90. The van der Waals surface area contributed by atoms with E-state index in [-0.39, 0.29) is 43.1 Å². The van der Waals surface area contributed by atoms with Gasteiger partial charge in [-0.15, -0.1) is 0 Å². The molecule has 46 heavy (non-hydrogen) atoms. The molecule has 1 saturated carbocycles. The normalized spacial score (nSPS) is 29.0. The molecule has 0 spiro atoms. The summed E-state index contributed by atoms with van der Waals surface area (Å²) in [6, 6.07) is 8.97. The number of anilines is 1. The lowest BCUT2D eigenvalue weighted by molar-refractivity contribution is -0.135. The molecule has 1 aromatic heterocycles. The van der Waals surface area contributed by atoms with Gasteiger partial charge in [0.25, 0.3) is 5.91 Å². The molecule has 3 aliphatic rings. The van der Waals surface area contributed by atoms with Gasteiger partial charge in [-0.2, -0.15) is 0 Å². The topological polar surface area (TPSA) is 124 Å². The van der Waals surface area contributed by atoms with Crippen LogP contribution in [-0.4, -0.2) is 70.4 Å². The average molecular weight is 674 g/mol. The second-order valence-electron chi connectivity index (χ2n) is 12.7. The van der Waals surface area contributed by atoms with Gasteiger partial charge >= 0.3 is 0 Å². The lowest BCUT2D eigenvalue weighted by atomic mass is 9.64. The number of nitrogens with zero attached hydrogens (tertiary/aromatic N) is 2. The van der Waals surface area contributed by atoms with Gasteiger partial charge in [-0.25, -0.2) is 18.1 Å². The van der Waals surface area contributed by atoms with Crippen LogP contribution in [0, 0.1) is 17.8 Å². The number of sulfonamides is 1. The van der Waals surface area contributed by atoms with Crippen LogP contribution in [0.25, 0.3) is 0 Å². The summed E-state index contributed by atoms with van der Waals surface area (Å²) in [7, 11) is -1.07. The molecule has 2 aromatic rings. The van der Waals surface area contributed by atoms with Crippen molar-refractivity contribution in [1.82, 2.24) is 9.71 Å². The second kappa shape index (κ2) is 14.8. The molecule has 1 aliphatic carbocycles. The maximum atomic E-state index is 13.7. The molecule has 5 rings (SSSR count). The number of methoxy groups -OCH3 is 2. The van der Waals surface area contributed by atoms with Crippen LogP contribution >= 0.6 is 11.6 Å². The number of aromatic nitrogens is 1. The van der Waals surface area contributed by atoms with E-state index < -0.39 is 26.8 Å². The van der Waals surface area contributed by atoms with Crippen LogP contribution in [0.3, 0.4) is 0 Å². The summed E-state index contributed by atoms with van der Waals surface area (Å²) in [5.41, 5.74) is 0.983. The Morgan fingerprint density at radius 3 is 2.72 bits per heavy atom. The van der Waals surface area contributed by atoms with Crippen LogP contribution in [0.1, 0.15) is 67.1 Å². The molecule has 1 amide bonds. The van der Waals surface area contributed by atoms with Crippen LogP contribution in [0.5, 0.6) is 5.75 Å². The van der Waals surface area contributed by atoms with E-state index in [0.29, 0.717) is 36.1 Å². The van der Waals surface area contributed by atoms with E-state index in [4.69, 9.17) is 30.8 Å². The van der Waals surface area contributed by atoms with E-state index in [1.54, 1.807) is 19.3 Å². The number of rotatable bonds is 5.